The van der Waals surface area contributed by atoms with Crippen molar-refractivity contribution in [2.45, 2.75) is 0 Å². The average Bonchev–Trinajstić information content (AvgIpc) is 2.31. The van der Waals surface area contributed by atoms with Crippen LogP contribution in [0.5, 0.6) is 0 Å². The number of aromatic carboxylic acids is 1. The van der Waals surface area contributed by atoms with Gasteiger partial charge in [-0.1, -0.05) is 0 Å². The molecule has 0 atom stereocenters. The van der Waals surface area contributed by atoms with Crippen molar-refractivity contribution in [1.29, 1.82) is 0 Å². The van der Waals surface area contributed by atoms with Gasteiger partial charge in [0, 0.05) is 0 Å². The third-order valence-corrected chi connectivity index (χ3v) is 0.768. The predicted octanol–water partition coefficient (Wildman–Crippen LogP) is 0.482. The van der Waals surface area contributed by atoms with Gasteiger partial charge in [-0.05, 0) is 6.07 Å². The molecule has 1 aromatic rings. The molecule has 0 fully saturated rings. The van der Waals surface area contributed by atoms with Crippen molar-refractivity contribution in [1.82, 2.24) is 0 Å². The van der Waals surface area contributed by atoms with Gasteiger partial charge in [0.2, 0.25) is 0 Å². The SMILES string of the molecule is CS(=O)(=O)O.O=C(O)c1ccoc1. The average molecular weight is 208 g/mol. The van der Waals surface area contributed by atoms with Crippen LogP contribution in [0.1, 0.15) is 10.4 Å². The Kier molecular flexibility index (Phi) is 4.15. The number of carbonyl (C=O) groups is 1. The van der Waals surface area contributed by atoms with E-state index in [1.807, 2.05) is 0 Å². The molecular formula is C6H8O6S. The van der Waals surface area contributed by atoms with Crippen molar-refractivity contribution in [2.24, 2.45) is 0 Å². The molecule has 1 rings (SSSR count). The van der Waals surface area contributed by atoms with Gasteiger partial charge in [0.25, 0.3) is 10.1 Å². The first-order chi connectivity index (χ1) is 5.80. The van der Waals surface area contributed by atoms with Crippen molar-refractivity contribution in [3.63, 3.8) is 0 Å². The van der Waals surface area contributed by atoms with Crippen LogP contribution in [0, 0.1) is 0 Å². The molecule has 1 heterocycles. The van der Waals surface area contributed by atoms with E-state index in [2.05, 4.69) is 4.42 Å². The van der Waals surface area contributed by atoms with Gasteiger partial charge >= 0.3 is 5.97 Å². The molecule has 0 amide bonds. The Balaban J connectivity index is 0.000000252. The second-order valence-corrected chi connectivity index (χ2v) is 3.52. The molecular weight excluding hydrogens is 200 g/mol. The quantitative estimate of drug-likeness (QED) is 0.650. The molecule has 2 N–H and O–H groups in total. The molecule has 0 radical (unpaired) electrons. The van der Waals surface area contributed by atoms with E-state index in [9.17, 15) is 13.2 Å². The van der Waals surface area contributed by atoms with E-state index >= 15 is 0 Å². The standard InChI is InChI=1S/C5H4O3.CH4O3S/c6-5(7)4-1-2-8-3-4;1-5(2,3)4/h1-3H,(H,6,7);1H3,(H,2,3,4). The third kappa shape index (κ3) is 8.57. The van der Waals surface area contributed by atoms with Gasteiger partial charge in [-0.15, -0.1) is 0 Å². The number of rotatable bonds is 1. The maximum Gasteiger partial charge on any atom is 0.338 e. The molecule has 13 heavy (non-hydrogen) atoms. The van der Waals surface area contributed by atoms with Crippen LogP contribution in [0.2, 0.25) is 0 Å². The lowest BCUT2D eigenvalue weighted by atomic mass is 10.4. The maximum atomic E-state index is 10.0. The lowest BCUT2D eigenvalue weighted by molar-refractivity contribution is 0.0696. The van der Waals surface area contributed by atoms with E-state index in [0.717, 1.165) is 0 Å². The van der Waals surface area contributed by atoms with Gasteiger partial charge in [0.1, 0.15) is 6.26 Å². The number of furan rings is 1. The summed E-state index contributed by atoms with van der Waals surface area (Å²) in [5, 5.41) is 8.21. The molecule has 0 aliphatic carbocycles. The molecule has 0 spiro atoms. The Hall–Kier alpha value is -1.34. The molecule has 0 aliphatic heterocycles. The molecule has 6 nitrogen and oxygen atoms in total. The first kappa shape index (κ1) is 11.7. The van der Waals surface area contributed by atoms with E-state index < -0.39 is 16.1 Å². The van der Waals surface area contributed by atoms with Gasteiger partial charge in [-0.25, -0.2) is 4.79 Å². The lowest BCUT2D eigenvalue weighted by Gasteiger charge is -1.77. The first-order valence-electron chi connectivity index (χ1n) is 2.98. The zero-order valence-corrected chi connectivity index (χ0v) is 7.48. The summed E-state index contributed by atoms with van der Waals surface area (Å²) >= 11 is 0. The number of hydrogen-bond donors (Lipinski definition) is 2. The van der Waals surface area contributed by atoms with Crippen LogP contribution in [0.4, 0.5) is 0 Å². The summed E-state index contributed by atoms with van der Waals surface area (Å²) in [4.78, 5) is 10.0. The highest BCUT2D eigenvalue weighted by Gasteiger charge is 2.00. The normalized spacial score (nSPS) is 10.0. The van der Waals surface area contributed by atoms with Crippen molar-refractivity contribution in [2.75, 3.05) is 6.26 Å². The molecule has 0 aliphatic rings. The summed E-state index contributed by atoms with van der Waals surface area (Å²) in [5.41, 5.74) is 0.185. The van der Waals surface area contributed by atoms with Crippen molar-refractivity contribution in [3.8, 4) is 0 Å². The molecule has 0 bridgehead atoms. The summed E-state index contributed by atoms with van der Waals surface area (Å²) in [6.45, 7) is 0. The van der Waals surface area contributed by atoms with E-state index in [1.165, 1.54) is 18.6 Å². The number of hydrogen-bond acceptors (Lipinski definition) is 4. The molecule has 0 unspecified atom stereocenters. The fourth-order valence-electron chi connectivity index (χ4n) is 0.386. The Morgan fingerprint density at radius 3 is 2.15 bits per heavy atom. The van der Waals surface area contributed by atoms with E-state index in [4.69, 9.17) is 9.66 Å². The van der Waals surface area contributed by atoms with E-state index in [1.54, 1.807) is 0 Å². The summed E-state index contributed by atoms with van der Waals surface area (Å²) in [5.74, 6) is -0.959. The van der Waals surface area contributed by atoms with Crippen LogP contribution in [0.3, 0.4) is 0 Å². The summed E-state index contributed by atoms with van der Waals surface area (Å²) in [6, 6.07) is 1.39. The summed E-state index contributed by atoms with van der Waals surface area (Å²) < 4.78 is 30.4. The van der Waals surface area contributed by atoms with Crippen LogP contribution in [-0.4, -0.2) is 30.3 Å². The van der Waals surface area contributed by atoms with Crippen LogP contribution < -0.4 is 0 Å². The van der Waals surface area contributed by atoms with Crippen LogP contribution in [-0.2, 0) is 10.1 Å². The van der Waals surface area contributed by atoms with Crippen LogP contribution >= 0.6 is 0 Å². The van der Waals surface area contributed by atoms with E-state index in [0.29, 0.717) is 6.26 Å². The Morgan fingerprint density at radius 1 is 1.54 bits per heavy atom. The van der Waals surface area contributed by atoms with Gasteiger partial charge in [0.15, 0.2) is 0 Å². The minimum atomic E-state index is -3.67. The van der Waals surface area contributed by atoms with Crippen molar-refractivity contribution >= 4 is 16.1 Å². The monoisotopic (exact) mass is 208 g/mol. The zero-order chi connectivity index (χ0) is 10.5. The third-order valence-electron chi connectivity index (χ3n) is 0.768. The van der Waals surface area contributed by atoms with Crippen LogP contribution in [0.25, 0.3) is 0 Å². The highest BCUT2D eigenvalue weighted by Crippen LogP contribution is 1.97. The van der Waals surface area contributed by atoms with Gasteiger partial charge < -0.3 is 9.52 Å². The first-order valence-corrected chi connectivity index (χ1v) is 4.83. The topological polar surface area (TPSA) is 105 Å². The molecule has 0 saturated carbocycles. The molecule has 0 aromatic carbocycles. The molecule has 1 aromatic heterocycles. The zero-order valence-electron chi connectivity index (χ0n) is 6.67. The fraction of sp³-hybridized carbons (Fsp3) is 0.167. The largest absolute Gasteiger partial charge is 0.478 e. The summed E-state index contributed by atoms with van der Waals surface area (Å²) in [7, 11) is -3.67. The van der Waals surface area contributed by atoms with Crippen LogP contribution in [0.15, 0.2) is 23.0 Å². The number of carboxylic acid groups (broad SMARTS) is 1. The van der Waals surface area contributed by atoms with Gasteiger partial charge in [-0.2, -0.15) is 8.42 Å². The van der Waals surface area contributed by atoms with E-state index in [-0.39, 0.29) is 5.56 Å². The molecule has 0 saturated heterocycles. The Bertz CT molecular complexity index is 340. The second kappa shape index (κ2) is 4.63. The minimum Gasteiger partial charge on any atom is -0.478 e. The smallest absolute Gasteiger partial charge is 0.338 e. The minimum absolute atomic E-state index is 0.185. The highest BCUT2D eigenvalue weighted by atomic mass is 32.2. The Labute approximate surface area is 74.5 Å². The molecule has 74 valence electrons. The fourth-order valence-corrected chi connectivity index (χ4v) is 0.386. The summed E-state index contributed by atoms with van der Waals surface area (Å²) in [6.07, 6.45) is 3.22. The molecule has 7 heteroatoms. The highest BCUT2D eigenvalue weighted by molar-refractivity contribution is 7.85. The van der Waals surface area contributed by atoms with Gasteiger partial charge in [-0.3, -0.25) is 4.55 Å². The number of carboxylic acids is 1. The predicted molar refractivity (Wildman–Crippen MR) is 43.1 cm³/mol. The van der Waals surface area contributed by atoms with Crippen molar-refractivity contribution < 1.29 is 27.3 Å². The lowest BCUT2D eigenvalue weighted by Crippen LogP contribution is -1.90. The Morgan fingerprint density at radius 2 is 2.00 bits per heavy atom. The maximum absolute atomic E-state index is 10.0. The van der Waals surface area contributed by atoms with Gasteiger partial charge in [0.05, 0.1) is 18.1 Å². The second-order valence-electron chi connectivity index (χ2n) is 2.05. The van der Waals surface area contributed by atoms with Crippen molar-refractivity contribution in [3.05, 3.63) is 24.2 Å².